The van der Waals surface area contributed by atoms with E-state index in [1.807, 2.05) is 22.9 Å². The van der Waals surface area contributed by atoms with Crippen molar-refractivity contribution in [1.29, 1.82) is 0 Å². The first-order valence-electron chi connectivity index (χ1n) is 10.2. The van der Waals surface area contributed by atoms with Gasteiger partial charge in [-0.15, -0.1) is 0 Å². The van der Waals surface area contributed by atoms with Crippen molar-refractivity contribution < 1.29 is 4.79 Å². The number of aryl methyl sites for hydroxylation is 2. The van der Waals surface area contributed by atoms with Gasteiger partial charge in [0.1, 0.15) is 0 Å². The van der Waals surface area contributed by atoms with E-state index in [1.54, 1.807) is 0 Å². The summed E-state index contributed by atoms with van der Waals surface area (Å²) in [4.78, 5) is 14.2. The third-order valence-electron chi connectivity index (χ3n) is 5.67. The lowest BCUT2D eigenvalue weighted by atomic mass is 10.1. The number of benzene rings is 2. The van der Waals surface area contributed by atoms with E-state index in [4.69, 9.17) is 5.10 Å². The summed E-state index contributed by atoms with van der Waals surface area (Å²) in [6, 6.07) is 17.1. The Kier molecular flexibility index (Phi) is 5.49. The Morgan fingerprint density at radius 2 is 1.93 bits per heavy atom. The van der Waals surface area contributed by atoms with Crippen LogP contribution < -0.4 is 5.32 Å². The molecule has 1 saturated heterocycles. The van der Waals surface area contributed by atoms with Crippen molar-refractivity contribution in [3.8, 4) is 16.9 Å². The summed E-state index contributed by atoms with van der Waals surface area (Å²) in [6.45, 7) is 8.61. The number of carbonyl (C=O) groups excluding carboxylic acids is 1. The largest absolute Gasteiger partial charge is 0.355 e. The lowest BCUT2D eigenvalue weighted by Gasteiger charge is -2.26. The summed E-state index contributed by atoms with van der Waals surface area (Å²) in [5.41, 5.74) is 6.81. The van der Waals surface area contributed by atoms with Gasteiger partial charge in [0.05, 0.1) is 11.4 Å². The molecule has 29 heavy (non-hydrogen) atoms. The van der Waals surface area contributed by atoms with Crippen LogP contribution in [0.3, 0.4) is 0 Å². The molecule has 0 bridgehead atoms. The molecule has 2 heterocycles. The molecule has 1 N–H and O–H groups in total. The molecule has 1 unspecified atom stereocenters. The van der Waals surface area contributed by atoms with Gasteiger partial charge in [0, 0.05) is 49.4 Å². The first kappa shape index (κ1) is 19.4. The van der Waals surface area contributed by atoms with Crippen LogP contribution in [0.25, 0.3) is 16.9 Å². The smallest absolute Gasteiger partial charge is 0.221 e. The third-order valence-corrected chi connectivity index (χ3v) is 5.67. The molecule has 1 atom stereocenters. The van der Waals surface area contributed by atoms with E-state index in [9.17, 15) is 4.79 Å². The summed E-state index contributed by atoms with van der Waals surface area (Å²) in [7, 11) is 0. The number of aromatic nitrogens is 2. The van der Waals surface area contributed by atoms with Crippen molar-refractivity contribution in [2.45, 2.75) is 39.8 Å². The van der Waals surface area contributed by atoms with E-state index < -0.39 is 0 Å². The number of carbonyl (C=O) groups is 1. The highest BCUT2D eigenvalue weighted by molar-refractivity contribution is 5.76. The first-order chi connectivity index (χ1) is 14.0. The molecule has 5 heteroatoms. The zero-order valence-corrected chi connectivity index (χ0v) is 17.4. The van der Waals surface area contributed by atoms with Crippen LogP contribution in [0.15, 0.2) is 54.7 Å². The monoisotopic (exact) mass is 388 g/mol. The molecule has 1 fully saturated rings. The fraction of sp³-hybridized carbons (Fsp3) is 0.333. The minimum absolute atomic E-state index is 0.133. The fourth-order valence-corrected chi connectivity index (χ4v) is 3.85. The first-order valence-corrected chi connectivity index (χ1v) is 10.2. The number of rotatable bonds is 4. The van der Waals surface area contributed by atoms with Crippen molar-refractivity contribution in [2.24, 2.45) is 0 Å². The zero-order valence-electron chi connectivity index (χ0n) is 17.4. The standard InChI is InChI=1S/C24H28N4O/c1-17-9-10-18(2)22(13-17)28-16-21(24(26-28)20-7-5-4-6-8-20)15-27-12-11-23(29)25-14-19(27)3/h4-10,13,16,19H,11-12,14-15H2,1-3H3,(H,25,29). The molecule has 1 aliphatic heterocycles. The van der Waals surface area contributed by atoms with Crippen LogP contribution in [0.1, 0.15) is 30.0 Å². The van der Waals surface area contributed by atoms with E-state index in [-0.39, 0.29) is 11.9 Å². The van der Waals surface area contributed by atoms with E-state index in [1.165, 1.54) is 16.7 Å². The summed E-state index contributed by atoms with van der Waals surface area (Å²) in [5, 5.41) is 7.99. The maximum Gasteiger partial charge on any atom is 0.221 e. The predicted molar refractivity (Wildman–Crippen MR) is 116 cm³/mol. The zero-order chi connectivity index (χ0) is 20.4. The van der Waals surface area contributed by atoms with E-state index in [0.29, 0.717) is 13.0 Å². The Labute approximate surface area is 172 Å². The molecule has 2 aromatic carbocycles. The quantitative estimate of drug-likeness (QED) is 0.738. The van der Waals surface area contributed by atoms with E-state index in [2.05, 4.69) is 67.5 Å². The lowest BCUT2D eigenvalue weighted by Crippen LogP contribution is -2.37. The van der Waals surface area contributed by atoms with Crippen LogP contribution >= 0.6 is 0 Å². The molecule has 0 spiro atoms. The third kappa shape index (κ3) is 4.25. The van der Waals surface area contributed by atoms with Crippen molar-refractivity contribution in [2.75, 3.05) is 13.1 Å². The summed E-state index contributed by atoms with van der Waals surface area (Å²) in [6.07, 6.45) is 2.69. The average molecular weight is 389 g/mol. The second kappa shape index (κ2) is 8.21. The maximum absolute atomic E-state index is 11.8. The Balaban J connectivity index is 1.74. The second-order valence-corrected chi connectivity index (χ2v) is 7.98. The van der Waals surface area contributed by atoms with Gasteiger partial charge in [0.25, 0.3) is 0 Å². The minimum Gasteiger partial charge on any atom is -0.355 e. The van der Waals surface area contributed by atoms with Gasteiger partial charge < -0.3 is 5.32 Å². The molecule has 0 saturated carbocycles. The molecular formula is C24H28N4O. The second-order valence-electron chi connectivity index (χ2n) is 7.98. The van der Waals surface area contributed by atoms with Crippen LogP contribution in [0.4, 0.5) is 0 Å². The Bertz CT molecular complexity index is 1010. The molecule has 1 aromatic heterocycles. The number of amides is 1. The Hall–Kier alpha value is -2.92. The van der Waals surface area contributed by atoms with Crippen molar-refractivity contribution >= 4 is 5.91 Å². The van der Waals surface area contributed by atoms with Crippen LogP contribution in [0.5, 0.6) is 0 Å². The van der Waals surface area contributed by atoms with Crippen LogP contribution in [-0.4, -0.2) is 39.7 Å². The normalized spacial score (nSPS) is 17.8. The fourth-order valence-electron chi connectivity index (χ4n) is 3.85. The highest BCUT2D eigenvalue weighted by atomic mass is 16.1. The molecule has 0 aliphatic carbocycles. The van der Waals surface area contributed by atoms with Gasteiger partial charge in [-0.25, -0.2) is 4.68 Å². The lowest BCUT2D eigenvalue weighted by molar-refractivity contribution is -0.120. The van der Waals surface area contributed by atoms with Gasteiger partial charge in [-0.2, -0.15) is 5.10 Å². The van der Waals surface area contributed by atoms with Crippen molar-refractivity contribution in [3.05, 3.63) is 71.4 Å². The summed E-state index contributed by atoms with van der Waals surface area (Å²) >= 11 is 0. The minimum atomic E-state index is 0.133. The SMILES string of the molecule is Cc1ccc(C)c(-n2cc(CN3CCC(=O)NCC3C)c(-c3ccccc3)n2)c1. The van der Waals surface area contributed by atoms with Gasteiger partial charge in [0.2, 0.25) is 5.91 Å². The van der Waals surface area contributed by atoms with Gasteiger partial charge in [-0.3, -0.25) is 9.69 Å². The molecule has 3 aromatic rings. The molecular weight excluding hydrogens is 360 g/mol. The number of hydrogen-bond acceptors (Lipinski definition) is 3. The van der Waals surface area contributed by atoms with Crippen molar-refractivity contribution in [3.63, 3.8) is 0 Å². The van der Waals surface area contributed by atoms with E-state index in [0.717, 1.165) is 30.0 Å². The number of nitrogens with zero attached hydrogens (tertiary/aromatic N) is 3. The van der Waals surface area contributed by atoms with Gasteiger partial charge in [-0.05, 0) is 38.0 Å². The van der Waals surface area contributed by atoms with Crippen LogP contribution in [0.2, 0.25) is 0 Å². The van der Waals surface area contributed by atoms with Crippen LogP contribution in [-0.2, 0) is 11.3 Å². The maximum atomic E-state index is 11.8. The Morgan fingerprint density at radius 1 is 1.14 bits per heavy atom. The van der Waals surface area contributed by atoms with Crippen LogP contribution in [0, 0.1) is 13.8 Å². The predicted octanol–water partition coefficient (Wildman–Crippen LogP) is 3.87. The molecule has 5 nitrogen and oxygen atoms in total. The molecule has 1 aliphatic rings. The van der Waals surface area contributed by atoms with Gasteiger partial charge in [-0.1, -0.05) is 42.5 Å². The van der Waals surface area contributed by atoms with E-state index >= 15 is 0 Å². The summed E-state index contributed by atoms with van der Waals surface area (Å²) < 4.78 is 2.01. The number of hydrogen-bond donors (Lipinski definition) is 1. The number of nitrogens with one attached hydrogen (secondary N) is 1. The summed E-state index contributed by atoms with van der Waals surface area (Å²) in [5.74, 6) is 0.133. The highest BCUT2D eigenvalue weighted by Gasteiger charge is 2.23. The molecule has 4 rings (SSSR count). The molecule has 0 radical (unpaired) electrons. The van der Waals surface area contributed by atoms with Crippen molar-refractivity contribution in [1.82, 2.24) is 20.0 Å². The topological polar surface area (TPSA) is 50.2 Å². The molecule has 1 amide bonds. The van der Waals surface area contributed by atoms with Gasteiger partial charge in [0.15, 0.2) is 0 Å². The van der Waals surface area contributed by atoms with Gasteiger partial charge >= 0.3 is 0 Å². The highest BCUT2D eigenvalue weighted by Crippen LogP contribution is 2.27. The molecule has 150 valence electrons. The Morgan fingerprint density at radius 3 is 2.72 bits per heavy atom. The average Bonchev–Trinajstić information content (AvgIpc) is 3.08.